The molecule has 2 N–H and O–H groups in total. The number of hydrogen-bond acceptors (Lipinski definition) is 8. The number of carbonyl (C=O) groups excluding carboxylic acids is 2. The molecular formula is C2H2Mg3O8. The van der Waals surface area contributed by atoms with Gasteiger partial charge in [0.05, 0.1) is 0 Å². The predicted molar refractivity (Wildman–Crippen MR) is 31.9 cm³/mol. The van der Waals surface area contributed by atoms with Crippen LogP contribution in [0, 0.1) is 0 Å². The SMILES string of the molecule is O=C([O-])[O-].O=C([O-])[O-].[Mg+2].[Mg+2].[Mg+2].[OH-].[OH-]. The first-order chi connectivity index (χ1) is 3.46. The number of hydrogen-bond donors (Lipinski definition) is 0. The zero-order valence-electron chi connectivity index (χ0n) is 6.47. The largest absolute Gasteiger partial charge is 2.00 e. The summed E-state index contributed by atoms with van der Waals surface area (Å²) in [5.74, 6) is 0. The van der Waals surface area contributed by atoms with Crippen LogP contribution in [-0.4, -0.2) is 92.4 Å². The first-order valence-corrected chi connectivity index (χ1v) is 1.22. The van der Waals surface area contributed by atoms with Crippen molar-refractivity contribution in [3.8, 4) is 0 Å². The molecule has 0 aromatic rings. The van der Waals surface area contributed by atoms with Gasteiger partial charge in [0.15, 0.2) is 0 Å². The summed E-state index contributed by atoms with van der Waals surface area (Å²) >= 11 is 0. The van der Waals surface area contributed by atoms with Crippen LogP contribution in [0.1, 0.15) is 0 Å². The van der Waals surface area contributed by atoms with Gasteiger partial charge in [0, 0.05) is 0 Å². The summed E-state index contributed by atoms with van der Waals surface area (Å²) < 4.78 is 0. The van der Waals surface area contributed by atoms with Crippen LogP contribution < -0.4 is 20.4 Å². The molecule has 0 saturated carbocycles. The van der Waals surface area contributed by atoms with Gasteiger partial charge >= 0.3 is 69.2 Å². The van der Waals surface area contributed by atoms with Crippen molar-refractivity contribution in [2.45, 2.75) is 0 Å². The van der Waals surface area contributed by atoms with E-state index in [1.165, 1.54) is 0 Å². The van der Waals surface area contributed by atoms with Crippen LogP contribution in [0.3, 0.4) is 0 Å². The molecule has 8 nitrogen and oxygen atoms in total. The van der Waals surface area contributed by atoms with Crippen molar-refractivity contribution in [2.24, 2.45) is 0 Å². The smallest absolute Gasteiger partial charge is 0.870 e. The summed E-state index contributed by atoms with van der Waals surface area (Å²) in [5.41, 5.74) is 0. The molecular weight excluding hydrogens is 225 g/mol. The van der Waals surface area contributed by atoms with Gasteiger partial charge in [-0.3, -0.25) is 0 Å². The fourth-order valence-electron chi connectivity index (χ4n) is 0. The van der Waals surface area contributed by atoms with Gasteiger partial charge in [-0.25, -0.2) is 0 Å². The minimum atomic E-state index is -2.33. The second-order valence-corrected chi connectivity index (χ2v) is 0.500. The van der Waals surface area contributed by atoms with Crippen molar-refractivity contribution in [3.63, 3.8) is 0 Å². The van der Waals surface area contributed by atoms with Gasteiger partial charge in [-0.2, -0.15) is 0 Å². The van der Waals surface area contributed by atoms with Crippen molar-refractivity contribution in [3.05, 3.63) is 0 Å². The average molecular weight is 227 g/mol. The van der Waals surface area contributed by atoms with Crippen LogP contribution in [0.15, 0.2) is 0 Å². The minimum Gasteiger partial charge on any atom is -0.870 e. The molecule has 0 saturated heterocycles. The van der Waals surface area contributed by atoms with Crippen LogP contribution in [0.2, 0.25) is 0 Å². The Hall–Kier alpha value is 0.759. The van der Waals surface area contributed by atoms with Crippen LogP contribution in [0.4, 0.5) is 9.59 Å². The van der Waals surface area contributed by atoms with Gasteiger partial charge in [0.2, 0.25) is 0 Å². The molecule has 13 heavy (non-hydrogen) atoms. The third-order valence-electron chi connectivity index (χ3n) is 0. The van der Waals surface area contributed by atoms with E-state index in [9.17, 15) is 0 Å². The van der Waals surface area contributed by atoms with Crippen LogP contribution >= 0.6 is 0 Å². The maximum Gasteiger partial charge on any atom is 2.00 e. The average Bonchev–Trinajstić information content (AvgIpc) is 1.25. The Morgan fingerprint density at radius 1 is 0.615 bits per heavy atom. The maximum atomic E-state index is 8.33. The summed E-state index contributed by atoms with van der Waals surface area (Å²) in [7, 11) is 0. The molecule has 0 aliphatic heterocycles. The first-order valence-electron chi connectivity index (χ1n) is 1.22. The Bertz CT molecular complexity index is 75.4. The molecule has 0 aromatic carbocycles. The molecule has 0 amide bonds. The zero-order chi connectivity index (χ0) is 7.15. The number of carboxylic acid groups (broad SMARTS) is 4. The van der Waals surface area contributed by atoms with Crippen molar-refractivity contribution in [1.82, 2.24) is 0 Å². The molecule has 0 aromatic heterocycles. The van der Waals surface area contributed by atoms with Crippen LogP contribution in [0.5, 0.6) is 0 Å². The number of carbonyl (C=O) groups is 2. The molecule has 0 bridgehead atoms. The number of rotatable bonds is 0. The molecule has 0 rings (SSSR count). The molecule has 0 atom stereocenters. The van der Waals surface area contributed by atoms with E-state index in [0.717, 1.165) is 0 Å². The van der Waals surface area contributed by atoms with Gasteiger partial charge < -0.3 is 41.0 Å². The Morgan fingerprint density at radius 2 is 0.615 bits per heavy atom. The van der Waals surface area contributed by atoms with E-state index < -0.39 is 12.3 Å². The van der Waals surface area contributed by atoms with Crippen LogP contribution in [0.25, 0.3) is 0 Å². The molecule has 64 valence electrons. The molecule has 0 heterocycles. The third-order valence-corrected chi connectivity index (χ3v) is 0. The quantitative estimate of drug-likeness (QED) is 0.365. The van der Waals surface area contributed by atoms with E-state index in [-0.39, 0.29) is 80.1 Å². The van der Waals surface area contributed by atoms with E-state index in [0.29, 0.717) is 0 Å². The monoisotopic (exact) mass is 226 g/mol. The van der Waals surface area contributed by atoms with E-state index in [4.69, 9.17) is 30.0 Å². The molecule has 0 radical (unpaired) electrons. The Morgan fingerprint density at radius 3 is 0.615 bits per heavy atom. The minimum absolute atomic E-state index is 0. The molecule has 0 aliphatic carbocycles. The summed E-state index contributed by atoms with van der Waals surface area (Å²) in [6, 6.07) is 0. The zero-order valence-corrected chi connectivity index (χ0v) is 10.7. The Kier molecular flexibility index (Phi) is 146. The van der Waals surface area contributed by atoms with E-state index >= 15 is 0 Å². The summed E-state index contributed by atoms with van der Waals surface area (Å²) in [6.45, 7) is 0. The Labute approximate surface area is 121 Å². The summed E-state index contributed by atoms with van der Waals surface area (Å²) in [6.07, 6.45) is -4.67. The fourth-order valence-corrected chi connectivity index (χ4v) is 0. The van der Waals surface area contributed by atoms with Gasteiger partial charge in [0.25, 0.3) is 0 Å². The van der Waals surface area contributed by atoms with E-state index in [1.807, 2.05) is 0 Å². The molecule has 11 heteroatoms. The predicted octanol–water partition coefficient (Wildman–Crippen LogP) is -6.39. The maximum absolute atomic E-state index is 8.33. The first kappa shape index (κ1) is 49.0. The van der Waals surface area contributed by atoms with Crippen molar-refractivity contribution in [1.29, 1.82) is 0 Å². The third kappa shape index (κ3) is 2570. The topological polar surface area (TPSA) is 186 Å². The second kappa shape index (κ2) is 38.6. The summed E-state index contributed by atoms with van der Waals surface area (Å²) in [5, 5.41) is 33.3. The second-order valence-electron chi connectivity index (χ2n) is 0.500. The van der Waals surface area contributed by atoms with Crippen molar-refractivity contribution in [2.75, 3.05) is 0 Å². The molecule has 0 unspecified atom stereocenters. The normalized spacial score (nSPS) is 3.69. The fraction of sp³-hybridized carbons (Fsp3) is 0. The summed E-state index contributed by atoms with van der Waals surface area (Å²) in [4.78, 5) is 16.7. The van der Waals surface area contributed by atoms with Gasteiger partial charge in [-0.15, -0.1) is 0 Å². The van der Waals surface area contributed by atoms with Crippen molar-refractivity contribution < 1.29 is 41.0 Å². The van der Waals surface area contributed by atoms with Gasteiger partial charge in [-0.05, 0) is 12.3 Å². The molecule has 0 fully saturated rings. The molecule has 0 aliphatic rings. The van der Waals surface area contributed by atoms with Gasteiger partial charge in [0.1, 0.15) is 0 Å². The van der Waals surface area contributed by atoms with Gasteiger partial charge in [-0.1, -0.05) is 0 Å². The Balaban J connectivity index is -0.00000000800. The van der Waals surface area contributed by atoms with Crippen LogP contribution in [-0.2, 0) is 0 Å². The van der Waals surface area contributed by atoms with E-state index in [2.05, 4.69) is 0 Å². The standard InChI is InChI=1S/2CH2O3.3Mg.2H2O/c2*2-1(3)4;;;;;/h2*(H2,2,3,4);;;;2*1H2/q;;3*+2;;/p-6. The van der Waals surface area contributed by atoms with Crippen molar-refractivity contribution >= 4 is 81.5 Å². The van der Waals surface area contributed by atoms with E-state index in [1.54, 1.807) is 0 Å². The molecule has 0 spiro atoms.